The number of amides is 1. The lowest BCUT2D eigenvalue weighted by molar-refractivity contribution is -0.147. The minimum atomic E-state index is -4.20. The van der Waals surface area contributed by atoms with Gasteiger partial charge in [0.15, 0.2) is 5.78 Å². The number of ketones is 1. The Morgan fingerprint density at radius 1 is 1.03 bits per heavy atom. The summed E-state index contributed by atoms with van der Waals surface area (Å²) in [5.74, 6) is -2.52. The summed E-state index contributed by atoms with van der Waals surface area (Å²) in [6.45, 7) is 3.24. The van der Waals surface area contributed by atoms with E-state index in [-0.39, 0.29) is 23.7 Å². The van der Waals surface area contributed by atoms with Crippen molar-refractivity contribution < 1.29 is 32.3 Å². The first-order valence-electron chi connectivity index (χ1n) is 10.4. The van der Waals surface area contributed by atoms with Gasteiger partial charge in [0.05, 0.1) is 31.0 Å². The van der Waals surface area contributed by atoms with E-state index in [2.05, 4.69) is 0 Å². The standard InChI is InChI=1S/C24H25NO7S/c1-4-32-23(27)15-22-21(18-7-5-17(6-8-18)16(2)26)13-14-25(24(22)28)33(29,30)20-11-9-19(31-3)10-12-20/h5-14,21-22H,4,15H2,1-3H3/t21-,22-/m0/s1. The molecular weight excluding hydrogens is 446 g/mol. The zero-order valence-corrected chi connectivity index (χ0v) is 19.4. The molecule has 2 aromatic carbocycles. The molecular formula is C24H25NO7S. The smallest absolute Gasteiger partial charge is 0.306 e. The summed E-state index contributed by atoms with van der Waals surface area (Å²) < 4.78 is 37.1. The fourth-order valence-electron chi connectivity index (χ4n) is 3.65. The number of hydrogen-bond acceptors (Lipinski definition) is 7. The predicted molar refractivity (Wildman–Crippen MR) is 120 cm³/mol. The summed E-state index contributed by atoms with van der Waals surface area (Å²) in [6.07, 6.45) is 2.51. The second kappa shape index (κ2) is 9.99. The number of carbonyl (C=O) groups is 3. The van der Waals surface area contributed by atoms with Gasteiger partial charge in [-0.1, -0.05) is 30.3 Å². The molecule has 1 heterocycles. The van der Waals surface area contributed by atoms with E-state index in [0.29, 0.717) is 21.2 Å². The lowest BCUT2D eigenvalue weighted by Gasteiger charge is -2.32. The second-order valence-electron chi connectivity index (χ2n) is 7.48. The third kappa shape index (κ3) is 5.14. The molecule has 2 aromatic rings. The maximum atomic E-state index is 13.4. The summed E-state index contributed by atoms with van der Waals surface area (Å²) in [5.41, 5.74) is 1.19. The molecule has 0 spiro atoms. The molecule has 0 aliphatic carbocycles. The van der Waals surface area contributed by atoms with Gasteiger partial charge >= 0.3 is 5.97 Å². The Morgan fingerprint density at radius 3 is 2.21 bits per heavy atom. The average Bonchev–Trinajstić information content (AvgIpc) is 2.80. The van der Waals surface area contributed by atoms with E-state index < -0.39 is 33.7 Å². The highest BCUT2D eigenvalue weighted by molar-refractivity contribution is 7.89. The Morgan fingerprint density at radius 2 is 1.67 bits per heavy atom. The molecule has 3 rings (SSSR count). The van der Waals surface area contributed by atoms with Crippen LogP contribution in [0.5, 0.6) is 5.75 Å². The molecule has 33 heavy (non-hydrogen) atoms. The van der Waals surface area contributed by atoms with E-state index in [1.54, 1.807) is 37.3 Å². The van der Waals surface area contributed by atoms with Gasteiger partial charge in [-0.15, -0.1) is 0 Å². The van der Waals surface area contributed by atoms with Crippen LogP contribution in [0.25, 0.3) is 0 Å². The fraction of sp³-hybridized carbons (Fsp3) is 0.292. The number of Topliss-reactive ketones (excluding diaryl/α,β-unsaturated/α-hetero) is 1. The molecule has 1 aliphatic heterocycles. The van der Waals surface area contributed by atoms with Gasteiger partial charge in [-0.05, 0) is 43.7 Å². The predicted octanol–water partition coefficient (Wildman–Crippen LogP) is 3.30. The van der Waals surface area contributed by atoms with Gasteiger partial charge in [0.25, 0.3) is 10.0 Å². The first kappa shape index (κ1) is 24.2. The lowest BCUT2D eigenvalue weighted by Crippen LogP contribution is -2.42. The first-order valence-corrected chi connectivity index (χ1v) is 11.8. The first-order chi connectivity index (χ1) is 15.7. The van der Waals surface area contributed by atoms with Crippen molar-refractivity contribution in [3.8, 4) is 5.75 Å². The molecule has 1 amide bonds. The molecule has 0 unspecified atom stereocenters. The van der Waals surface area contributed by atoms with Gasteiger partial charge in [0, 0.05) is 17.7 Å². The summed E-state index contributed by atoms with van der Waals surface area (Å²) in [4.78, 5) is 37.1. The Hall–Kier alpha value is -3.46. The van der Waals surface area contributed by atoms with Crippen LogP contribution >= 0.6 is 0 Å². The molecule has 0 fully saturated rings. The zero-order valence-electron chi connectivity index (χ0n) is 18.6. The number of carbonyl (C=O) groups excluding carboxylic acids is 3. The third-order valence-electron chi connectivity index (χ3n) is 5.41. The minimum absolute atomic E-state index is 0.0829. The van der Waals surface area contributed by atoms with Gasteiger partial charge < -0.3 is 9.47 Å². The van der Waals surface area contributed by atoms with Crippen molar-refractivity contribution in [2.75, 3.05) is 13.7 Å². The molecule has 0 saturated heterocycles. The van der Waals surface area contributed by atoms with Crippen molar-refractivity contribution in [1.82, 2.24) is 4.31 Å². The van der Waals surface area contributed by atoms with Crippen LogP contribution in [0.15, 0.2) is 65.7 Å². The Balaban J connectivity index is 1.99. The molecule has 9 heteroatoms. The van der Waals surface area contributed by atoms with Crippen molar-refractivity contribution in [2.45, 2.75) is 31.1 Å². The maximum absolute atomic E-state index is 13.4. The van der Waals surface area contributed by atoms with Gasteiger partial charge in [-0.3, -0.25) is 14.4 Å². The van der Waals surface area contributed by atoms with Gasteiger partial charge in [-0.25, -0.2) is 12.7 Å². The molecule has 0 aromatic heterocycles. The van der Waals surface area contributed by atoms with Crippen LogP contribution < -0.4 is 4.74 Å². The van der Waals surface area contributed by atoms with Crippen LogP contribution in [0.1, 0.15) is 42.1 Å². The van der Waals surface area contributed by atoms with E-state index in [4.69, 9.17) is 9.47 Å². The van der Waals surface area contributed by atoms with Crippen LogP contribution in [0.2, 0.25) is 0 Å². The summed E-state index contributed by atoms with van der Waals surface area (Å²) in [6, 6.07) is 12.3. The fourth-order valence-corrected chi connectivity index (χ4v) is 4.96. The molecule has 174 valence electrons. The minimum Gasteiger partial charge on any atom is -0.497 e. The van der Waals surface area contributed by atoms with Crippen molar-refractivity contribution in [3.63, 3.8) is 0 Å². The van der Waals surface area contributed by atoms with Crippen LogP contribution in [0, 0.1) is 5.92 Å². The van der Waals surface area contributed by atoms with E-state index in [9.17, 15) is 22.8 Å². The highest BCUT2D eigenvalue weighted by Crippen LogP contribution is 2.36. The van der Waals surface area contributed by atoms with Gasteiger partial charge in [0.1, 0.15) is 5.75 Å². The van der Waals surface area contributed by atoms with Crippen LogP contribution in [0.4, 0.5) is 0 Å². The van der Waals surface area contributed by atoms with Gasteiger partial charge in [0.2, 0.25) is 5.91 Å². The maximum Gasteiger partial charge on any atom is 0.306 e. The van der Waals surface area contributed by atoms with Crippen LogP contribution in [-0.2, 0) is 24.3 Å². The quantitative estimate of drug-likeness (QED) is 0.429. The topological polar surface area (TPSA) is 107 Å². The Labute approximate surface area is 192 Å². The molecule has 0 radical (unpaired) electrons. The van der Waals surface area contributed by atoms with E-state index in [1.807, 2.05) is 0 Å². The molecule has 2 atom stereocenters. The Bertz CT molecular complexity index is 1170. The SMILES string of the molecule is CCOC(=O)C[C@@H]1C(=O)N(S(=O)(=O)c2ccc(OC)cc2)C=C[C@H]1c1ccc(C(C)=O)cc1. The highest BCUT2D eigenvalue weighted by Gasteiger charge is 2.41. The monoisotopic (exact) mass is 471 g/mol. The molecule has 0 N–H and O–H groups in total. The van der Waals surface area contributed by atoms with E-state index in [0.717, 1.165) is 0 Å². The second-order valence-corrected chi connectivity index (χ2v) is 9.29. The summed E-state index contributed by atoms with van der Waals surface area (Å²) in [5, 5.41) is 0. The summed E-state index contributed by atoms with van der Waals surface area (Å²) in [7, 11) is -2.73. The van der Waals surface area contributed by atoms with Crippen molar-refractivity contribution >= 4 is 27.7 Å². The number of methoxy groups -OCH3 is 1. The summed E-state index contributed by atoms with van der Waals surface area (Å²) >= 11 is 0. The van der Waals surface area contributed by atoms with E-state index in [1.165, 1.54) is 44.5 Å². The number of nitrogens with zero attached hydrogens (tertiary/aromatic N) is 1. The molecule has 0 bridgehead atoms. The van der Waals surface area contributed by atoms with E-state index >= 15 is 0 Å². The lowest BCUT2D eigenvalue weighted by atomic mass is 9.81. The number of benzene rings is 2. The largest absolute Gasteiger partial charge is 0.497 e. The number of rotatable bonds is 8. The van der Waals surface area contributed by atoms with Gasteiger partial charge in [-0.2, -0.15) is 0 Å². The number of esters is 1. The number of ether oxygens (including phenoxy) is 2. The third-order valence-corrected chi connectivity index (χ3v) is 7.09. The number of allylic oxidation sites excluding steroid dienone is 1. The van der Waals surface area contributed by atoms with Crippen molar-refractivity contribution in [3.05, 3.63) is 71.9 Å². The normalized spacial score (nSPS) is 18.2. The van der Waals surface area contributed by atoms with Crippen LogP contribution in [-0.4, -0.2) is 44.1 Å². The number of hydrogen-bond donors (Lipinski definition) is 0. The molecule has 1 aliphatic rings. The molecule has 8 nitrogen and oxygen atoms in total. The zero-order chi connectivity index (χ0) is 24.2. The van der Waals surface area contributed by atoms with Crippen molar-refractivity contribution in [2.24, 2.45) is 5.92 Å². The molecule has 0 saturated carbocycles. The number of sulfonamides is 1. The van der Waals surface area contributed by atoms with Crippen molar-refractivity contribution in [1.29, 1.82) is 0 Å². The Kier molecular flexibility index (Phi) is 7.33. The highest BCUT2D eigenvalue weighted by atomic mass is 32.2. The van der Waals surface area contributed by atoms with Crippen LogP contribution in [0.3, 0.4) is 0 Å². The average molecular weight is 472 g/mol.